The Bertz CT molecular complexity index is 294. The van der Waals surface area contributed by atoms with Crippen molar-refractivity contribution in [2.75, 3.05) is 13.6 Å². The Morgan fingerprint density at radius 2 is 2.31 bits per heavy atom. The summed E-state index contributed by atoms with van der Waals surface area (Å²) < 4.78 is 0. The summed E-state index contributed by atoms with van der Waals surface area (Å²) in [5.41, 5.74) is 2.39. The summed E-state index contributed by atoms with van der Waals surface area (Å²) in [6.45, 7) is 4.82. The molecular weight excluding hydrogens is 182 g/mol. The van der Waals surface area contributed by atoms with Crippen LogP contribution in [0.4, 0.5) is 0 Å². The SMILES string of the molecule is C=C(CNC)Cc1cccc(Cl)c1. The zero-order chi connectivity index (χ0) is 9.68. The normalized spacial score (nSPS) is 10.0. The van der Waals surface area contributed by atoms with E-state index in [0.717, 1.165) is 18.0 Å². The third-order valence-corrected chi connectivity index (χ3v) is 2.01. The Morgan fingerprint density at radius 1 is 1.54 bits per heavy atom. The Morgan fingerprint density at radius 3 is 2.92 bits per heavy atom. The molecule has 1 N–H and O–H groups in total. The first kappa shape index (κ1) is 10.3. The topological polar surface area (TPSA) is 12.0 Å². The van der Waals surface area contributed by atoms with Gasteiger partial charge in [0, 0.05) is 11.6 Å². The van der Waals surface area contributed by atoms with Gasteiger partial charge in [-0.2, -0.15) is 0 Å². The predicted octanol–water partition coefficient (Wildman–Crippen LogP) is 2.66. The van der Waals surface area contributed by atoms with E-state index in [9.17, 15) is 0 Å². The maximum Gasteiger partial charge on any atom is 0.0408 e. The molecule has 0 unspecified atom stereocenters. The molecule has 0 aliphatic rings. The van der Waals surface area contributed by atoms with Crippen molar-refractivity contribution in [3.05, 3.63) is 47.0 Å². The van der Waals surface area contributed by atoms with Gasteiger partial charge in [-0.05, 0) is 31.2 Å². The molecule has 0 aliphatic carbocycles. The molecule has 1 rings (SSSR count). The number of halogens is 1. The molecule has 2 heteroatoms. The highest BCUT2D eigenvalue weighted by atomic mass is 35.5. The summed E-state index contributed by atoms with van der Waals surface area (Å²) >= 11 is 5.86. The molecule has 0 aliphatic heterocycles. The Balaban J connectivity index is 2.58. The number of hydrogen-bond acceptors (Lipinski definition) is 1. The van der Waals surface area contributed by atoms with E-state index in [1.54, 1.807) is 0 Å². The van der Waals surface area contributed by atoms with Gasteiger partial charge in [-0.1, -0.05) is 35.9 Å². The van der Waals surface area contributed by atoms with Gasteiger partial charge in [0.1, 0.15) is 0 Å². The van der Waals surface area contributed by atoms with E-state index in [-0.39, 0.29) is 0 Å². The van der Waals surface area contributed by atoms with Gasteiger partial charge in [0.25, 0.3) is 0 Å². The summed E-state index contributed by atoms with van der Waals surface area (Å²) in [5.74, 6) is 0. The average Bonchev–Trinajstić information content (AvgIpc) is 2.04. The lowest BCUT2D eigenvalue weighted by Gasteiger charge is -2.04. The van der Waals surface area contributed by atoms with Crippen molar-refractivity contribution in [1.82, 2.24) is 5.32 Å². The molecule has 0 spiro atoms. The maximum absolute atomic E-state index is 5.86. The van der Waals surface area contributed by atoms with Crippen LogP contribution in [0, 0.1) is 0 Å². The molecule has 0 fully saturated rings. The minimum atomic E-state index is 0.787. The Hall–Kier alpha value is -0.790. The zero-order valence-electron chi connectivity index (χ0n) is 7.81. The molecule has 0 amide bonds. The van der Waals surface area contributed by atoms with Crippen LogP contribution in [0.2, 0.25) is 5.02 Å². The second-order valence-electron chi connectivity index (χ2n) is 3.09. The van der Waals surface area contributed by atoms with Crippen LogP contribution in [0.3, 0.4) is 0 Å². The minimum Gasteiger partial charge on any atom is -0.316 e. The molecular formula is C11H14ClN. The van der Waals surface area contributed by atoms with Gasteiger partial charge in [0.2, 0.25) is 0 Å². The lowest BCUT2D eigenvalue weighted by Crippen LogP contribution is -2.11. The lowest BCUT2D eigenvalue weighted by molar-refractivity contribution is 0.858. The predicted molar refractivity (Wildman–Crippen MR) is 58.2 cm³/mol. The van der Waals surface area contributed by atoms with Gasteiger partial charge in [0.15, 0.2) is 0 Å². The maximum atomic E-state index is 5.86. The molecule has 0 radical (unpaired) electrons. The van der Waals surface area contributed by atoms with Gasteiger partial charge < -0.3 is 5.32 Å². The van der Waals surface area contributed by atoms with Crippen molar-refractivity contribution in [1.29, 1.82) is 0 Å². The van der Waals surface area contributed by atoms with E-state index in [2.05, 4.69) is 18.0 Å². The molecule has 13 heavy (non-hydrogen) atoms. The first-order chi connectivity index (χ1) is 6.22. The van der Waals surface area contributed by atoms with Gasteiger partial charge in [0.05, 0.1) is 0 Å². The van der Waals surface area contributed by atoms with Gasteiger partial charge in [-0.3, -0.25) is 0 Å². The molecule has 1 aromatic rings. The molecule has 0 saturated carbocycles. The number of nitrogens with one attached hydrogen (secondary N) is 1. The highest BCUT2D eigenvalue weighted by Crippen LogP contribution is 2.13. The summed E-state index contributed by atoms with van der Waals surface area (Å²) in [7, 11) is 1.92. The quantitative estimate of drug-likeness (QED) is 0.729. The number of likely N-dealkylation sites (N-methyl/N-ethyl adjacent to an activating group) is 1. The van der Waals surface area contributed by atoms with Crippen molar-refractivity contribution < 1.29 is 0 Å². The van der Waals surface area contributed by atoms with E-state index < -0.39 is 0 Å². The molecule has 0 heterocycles. The Kier molecular flexibility index (Phi) is 4.00. The highest BCUT2D eigenvalue weighted by molar-refractivity contribution is 6.30. The van der Waals surface area contributed by atoms with E-state index in [1.807, 2.05) is 25.2 Å². The van der Waals surface area contributed by atoms with Crippen molar-refractivity contribution in [2.24, 2.45) is 0 Å². The average molecular weight is 196 g/mol. The van der Waals surface area contributed by atoms with Crippen LogP contribution < -0.4 is 5.32 Å². The summed E-state index contributed by atoms with van der Waals surface area (Å²) in [6, 6.07) is 7.88. The van der Waals surface area contributed by atoms with E-state index in [1.165, 1.54) is 11.1 Å². The van der Waals surface area contributed by atoms with Crippen LogP contribution in [0.25, 0.3) is 0 Å². The first-order valence-corrected chi connectivity index (χ1v) is 4.66. The number of benzene rings is 1. The van der Waals surface area contributed by atoms with E-state index in [0.29, 0.717) is 0 Å². The van der Waals surface area contributed by atoms with Gasteiger partial charge in [-0.25, -0.2) is 0 Å². The van der Waals surface area contributed by atoms with Gasteiger partial charge >= 0.3 is 0 Å². The summed E-state index contributed by atoms with van der Waals surface area (Å²) in [6.07, 6.45) is 0.890. The molecule has 1 nitrogen and oxygen atoms in total. The van der Waals surface area contributed by atoms with E-state index >= 15 is 0 Å². The zero-order valence-corrected chi connectivity index (χ0v) is 8.56. The smallest absolute Gasteiger partial charge is 0.0408 e. The standard InChI is InChI=1S/C11H14ClN/c1-9(8-13-2)6-10-4-3-5-11(12)7-10/h3-5,7,13H,1,6,8H2,2H3. The fourth-order valence-electron chi connectivity index (χ4n) is 1.25. The Labute approximate surface area is 84.4 Å². The van der Waals surface area contributed by atoms with Crippen LogP contribution in [0.15, 0.2) is 36.4 Å². The molecule has 0 saturated heterocycles. The minimum absolute atomic E-state index is 0.787. The molecule has 0 bridgehead atoms. The molecule has 1 aromatic carbocycles. The second kappa shape index (κ2) is 5.05. The fraction of sp³-hybridized carbons (Fsp3) is 0.273. The van der Waals surface area contributed by atoms with Crippen molar-refractivity contribution in [2.45, 2.75) is 6.42 Å². The third kappa shape index (κ3) is 3.62. The van der Waals surface area contributed by atoms with Crippen LogP contribution in [-0.4, -0.2) is 13.6 Å². The molecule has 0 atom stereocenters. The highest BCUT2D eigenvalue weighted by Gasteiger charge is 1.96. The number of hydrogen-bond donors (Lipinski definition) is 1. The van der Waals surface area contributed by atoms with Crippen LogP contribution in [-0.2, 0) is 6.42 Å². The van der Waals surface area contributed by atoms with Crippen molar-refractivity contribution in [3.8, 4) is 0 Å². The number of rotatable bonds is 4. The van der Waals surface area contributed by atoms with E-state index in [4.69, 9.17) is 11.6 Å². The molecule has 0 aromatic heterocycles. The monoisotopic (exact) mass is 195 g/mol. The lowest BCUT2D eigenvalue weighted by atomic mass is 10.1. The summed E-state index contributed by atoms with van der Waals surface area (Å²) in [4.78, 5) is 0. The van der Waals surface area contributed by atoms with Crippen LogP contribution in [0.5, 0.6) is 0 Å². The fourth-order valence-corrected chi connectivity index (χ4v) is 1.46. The largest absolute Gasteiger partial charge is 0.316 e. The third-order valence-electron chi connectivity index (χ3n) is 1.77. The van der Waals surface area contributed by atoms with Crippen molar-refractivity contribution in [3.63, 3.8) is 0 Å². The van der Waals surface area contributed by atoms with Gasteiger partial charge in [-0.15, -0.1) is 0 Å². The first-order valence-electron chi connectivity index (χ1n) is 4.28. The molecule has 70 valence electrons. The van der Waals surface area contributed by atoms with Crippen LogP contribution >= 0.6 is 11.6 Å². The van der Waals surface area contributed by atoms with Crippen LogP contribution in [0.1, 0.15) is 5.56 Å². The summed E-state index contributed by atoms with van der Waals surface area (Å²) in [5, 5.41) is 3.86. The van der Waals surface area contributed by atoms with Crippen molar-refractivity contribution >= 4 is 11.6 Å². The second-order valence-corrected chi connectivity index (χ2v) is 3.52.